The van der Waals surface area contributed by atoms with E-state index in [0.29, 0.717) is 0 Å². The summed E-state index contributed by atoms with van der Waals surface area (Å²) >= 11 is 0. The first kappa shape index (κ1) is 9.91. The number of hydrogen-bond acceptors (Lipinski definition) is 2. The number of benzene rings is 1. The lowest BCUT2D eigenvalue weighted by Crippen LogP contribution is -1.81. The molecule has 0 bridgehead atoms. The third kappa shape index (κ3) is 3.57. The van der Waals surface area contributed by atoms with Crippen LogP contribution >= 0.6 is 0 Å². The Hall–Kier alpha value is -1.09. The van der Waals surface area contributed by atoms with E-state index >= 15 is 0 Å². The van der Waals surface area contributed by atoms with Crippen LogP contribution in [0.2, 0.25) is 0 Å². The minimum absolute atomic E-state index is 0.926. The van der Waals surface area contributed by atoms with Crippen molar-refractivity contribution >= 4 is 0 Å². The summed E-state index contributed by atoms with van der Waals surface area (Å²) in [5.74, 6) is 3.93. The van der Waals surface area contributed by atoms with Crippen molar-refractivity contribution in [3.05, 3.63) is 29.8 Å². The summed E-state index contributed by atoms with van der Waals surface area (Å²) in [4.78, 5) is 0. The molecule has 2 N–H and O–H groups in total. The van der Waals surface area contributed by atoms with Crippen LogP contribution in [0, 0.1) is 6.92 Å². The number of halogens is 1. The average Bonchev–Trinajstić information content (AvgIpc) is 2.08. The fraction of sp³-hybridized carbons (Fsp3) is 0.250. The second-order valence-electron chi connectivity index (χ2n) is 2.02. The van der Waals surface area contributed by atoms with Gasteiger partial charge < -0.3 is 4.74 Å². The molecule has 3 heteroatoms. The number of hydrogen-bond donors (Lipinski definition) is 1. The molecule has 0 aromatic heterocycles. The van der Waals surface area contributed by atoms with Gasteiger partial charge in [-0.15, -0.1) is 4.48 Å². The lowest BCUT2D eigenvalue weighted by atomic mass is 10.2. The summed E-state index contributed by atoms with van der Waals surface area (Å²) in [6.45, 7) is 2.04. The molecule has 0 atom stereocenters. The number of nitrogens with two attached hydrogens (primary N) is 1. The normalized spacial score (nSPS) is 8.00. The maximum Gasteiger partial charge on any atom is 0.119 e. The van der Waals surface area contributed by atoms with E-state index in [-0.39, 0.29) is 0 Å². The van der Waals surface area contributed by atoms with Gasteiger partial charge in [0.15, 0.2) is 0 Å². The van der Waals surface area contributed by atoms with Crippen molar-refractivity contribution in [3.8, 4) is 5.75 Å². The van der Waals surface area contributed by atoms with Gasteiger partial charge in [-0.2, -0.15) is 5.96 Å². The lowest BCUT2D eigenvalue weighted by molar-refractivity contribution is 0.414. The van der Waals surface area contributed by atoms with Gasteiger partial charge in [-0.3, -0.25) is 0 Å². The predicted octanol–water partition coefficient (Wildman–Crippen LogP) is 1.83. The van der Waals surface area contributed by atoms with Crippen molar-refractivity contribution in [2.45, 2.75) is 6.92 Å². The first-order chi connectivity index (χ1) is 5.33. The van der Waals surface area contributed by atoms with Gasteiger partial charge in [0.25, 0.3) is 0 Å². The molecule has 1 rings (SSSR count). The zero-order valence-electron chi connectivity index (χ0n) is 6.67. The molecule has 2 nitrogen and oxygen atoms in total. The standard InChI is InChI=1S/C8H10O.FH2N/c1-7-4-3-5-8(6-7)9-2;1-2/h3-6H,1-2H3;2H2. The number of aryl methyl sites for hydroxylation is 1. The summed E-state index contributed by atoms with van der Waals surface area (Å²) in [5, 5.41) is 0. The maximum atomic E-state index is 9.00. The van der Waals surface area contributed by atoms with E-state index in [1.807, 2.05) is 31.2 Å². The number of rotatable bonds is 1. The largest absolute Gasteiger partial charge is 0.497 e. The molecule has 0 saturated heterocycles. The Morgan fingerprint density at radius 3 is 2.36 bits per heavy atom. The Kier molecular flexibility index (Phi) is 5.11. The summed E-state index contributed by atoms with van der Waals surface area (Å²) in [7, 11) is 1.68. The lowest BCUT2D eigenvalue weighted by Gasteiger charge is -1.97. The molecule has 1 aromatic carbocycles. The molecule has 0 fully saturated rings. The number of methoxy groups -OCH3 is 1. The molecule has 0 unspecified atom stereocenters. The molecule has 1 aromatic rings. The van der Waals surface area contributed by atoms with Crippen LogP contribution in [0.1, 0.15) is 5.56 Å². The fourth-order valence-electron chi connectivity index (χ4n) is 0.742. The van der Waals surface area contributed by atoms with Gasteiger partial charge in [0.2, 0.25) is 0 Å². The van der Waals surface area contributed by atoms with E-state index in [1.54, 1.807) is 7.11 Å². The fourth-order valence-corrected chi connectivity index (χ4v) is 0.742. The maximum absolute atomic E-state index is 9.00. The van der Waals surface area contributed by atoms with Crippen molar-refractivity contribution in [3.63, 3.8) is 0 Å². The Labute approximate surface area is 65.7 Å². The van der Waals surface area contributed by atoms with E-state index in [0.717, 1.165) is 5.75 Å². The molecule has 0 spiro atoms. The van der Waals surface area contributed by atoms with Crippen molar-refractivity contribution in [2.75, 3.05) is 7.11 Å². The van der Waals surface area contributed by atoms with E-state index in [4.69, 9.17) is 9.22 Å². The van der Waals surface area contributed by atoms with Gasteiger partial charge in [-0.1, -0.05) is 12.1 Å². The molecule has 0 aliphatic rings. The first-order valence-corrected chi connectivity index (χ1v) is 3.15. The Morgan fingerprint density at radius 2 is 2.00 bits per heavy atom. The van der Waals surface area contributed by atoms with Crippen LogP contribution < -0.4 is 10.7 Å². The van der Waals surface area contributed by atoms with Crippen LogP contribution in [0.3, 0.4) is 0 Å². The SMILES string of the molecule is COc1cccc(C)c1.NF. The molecule has 11 heavy (non-hydrogen) atoms. The molecule has 0 amide bonds. The van der Waals surface area contributed by atoms with Crippen LogP contribution in [0.25, 0.3) is 0 Å². The Balaban J connectivity index is 0.000000461. The van der Waals surface area contributed by atoms with Gasteiger partial charge in [0, 0.05) is 0 Å². The van der Waals surface area contributed by atoms with Crippen molar-refractivity contribution in [2.24, 2.45) is 5.96 Å². The molecule has 0 saturated carbocycles. The Morgan fingerprint density at radius 1 is 1.36 bits per heavy atom. The van der Waals surface area contributed by atoms with Gasteiger partial charge in [-0.05, 0) is 24.6 Å². The van der Waals surface area contributed by atoms with Crippen molar-refractivity contribution in [1.82, 2.24) is 0 Å². The van der Waals surface area contributed by atoms with Gasteiger partial charge >= 0.3 is 0 Å². The molecule has 0 aliphatic heterocycles. The highest BCUT2D eigenvalue weighted by Gasteiger charge is 1.86. The predicted molar refractivity (Wildman–Crippen MR) is 43.0 cm³/mol. The van der Waals surface area contributed by atoms with Crippen LogP contribution in [0.5, 0.6) is 5.75 Å². The molecule has 0 radical (unpaired) electrons. The average molecular weight is 157 g/mol. The zero-order valence-corrected chi connectivity index (χ0v) is 6.67. The highest BCUT2D eigenvalue weighted by atomic mass is 19.2. The van der Waals surface area contributed by atoms with Crippen LogP contribution in [0.4, 0.5) is 4.48 Å². The first-order valence-electron chi connectivity index (χ1n) is 3.15. The minimum Gasteiger partial charge on any atom is -0.497 e. The zero-order chi connectivity index (χ0) is 8.69. The molecule has 0 aliphatic carbocycles. The molecule has 62 valence electrons. The van der Waals surface area contributed by atoms with Crippen molar-refractivity contribution < 1.29 is 9.22 Å². The van der Waals surface area contributed by atoms with Crippen LogP contribution in [0.15, 0.2) is 24.3 Å². The minimum atomic E-state index is 0.926. The molecular formula is C8H12FNO. The summed E-state index contributed by atoms with van der Waals surface area (Å²) in [6, 6.07) is 7.96. The smallest absolute Gasteiger partial charge is 0.119 e. The third-order valence-electron chi connectivity index (χ3n) is 1.23. The van der Waals surface area contributed by atoms with Crippen molar-refractivity contribution in [1.29, 1.82) is 0 Å². The van der Waals surface area contributed by atoms with E-state index < -0.39 is 0 Å². The summed E-state index contributed by atoms with van der Waals surface area (Å²) in [5.41, 5.74) is 1.23. The van der Waals surface area contributed by atoms with E-state index in [9.17, 15) is 0 Å². The highest BCUT2D eigenvalue weighted by molar-refractivity contribution is 5.27. The van der Waals surface area contributed by atoms with E-state index in [2.05, 4.69) is 5.96 Å². The summed E-state index contributed by atoms with van der Waals surface area (Å²) < 4.78 is 14.0. The topological polar surface area (TPSA) is 35.2 Å². The third-order valence-corrected chi connectivity index (χ3v) is 1.23. The van der Waals surface area contributed by atoms with E-state index in [1.165, 1.54) is 5.56 Å². The van der Waals surface area contributed by atoms with Crippen LogP contribution in [-0.4, -0.2) is 7.11 Å². The number of ether oxygens (including phenoxy) is 1. The Bertz CT molecular complexity index is 203. The van der Waals surface area contributed by atoms with Gasteiger partial charge in [0.1, 0.15) is 5.75 Å². The second kappa shape index (κ2) is 5.68. The molecule has 0 heterocycles. The monoisotopic (exact) mass is 157 g/mol. The quantitative estimate of drug-likeness (QED) is 0.631. The highest BCUT2D eigenvalue weighted by Crippen LogP contribution is 2.10. The summed E-state index contributed by atoms with van der Waals surface area (Å²) in [6.07, 6.45) is 0. The second-order valence-corrected chi connectivity index (χ2v) is 2.02. The van der Waals surface area contributed by atoms with Gasteiger partial charge in [0.05, 0.1) is 7.11 Å². The van der Waals surface area contributed by atoms with Gasteiger partial charge in [-0.25, -0.2) is 0 Å². The van der Waals surface area contributed by atoms with Crippen LogP contribution in [-0.2, 0) is 0 Å². The molecular weight excluding hydrogens is 145 g/mol.